The van der Waals surface area contributed by atoms with Crippen LogP contribution < -0.4 is 0 Å². The van der Waals surface area contributed by atoms with Crippen LogP contribution in [0.1, 0.15) is 131 Å². The van der Waals surface area contributed by atoms with Gasteiger partial charge in [0.25, 0.3) is 0 Å². The fraction of sp³-hybridized carbons (Fsp3) is 0.848. The van der Waals surface area contributed by atoms with E-state index < -0.39 is 78.3 Å². The molecular formula is C46H80O12. The Labute approximate surface area is 348 Å². The van der Waals surface area contributed by atoms with E-state index in [2.05, 4.69) is 19.9 Å². The molecule has 2 saturated heterocycles. The molecule has 12 nitrogen and oxygen atoms in total. The van der Waals surface area contributed by atoms with E-state index in [4.69, 9.17) is 18.9 Å². The minimum atomic E-state index is -1.07. The van der Waals surface area contributed by atoms with E-state index in [1.807, 2.05) is 32.1 Å². The van der Waals surface area contributed by atoms with Crippen LogP contribution in [0.2, 0.25) is 0 Å². The third kappa shape index (κ3) is 15.3. The van der Waals surface area contributed by atoms with Crippen LogP contribution in [-0.2, 0) is 23.7 Å². The summed E-state index contributed by atoms with van der Waals surface area (Å²) < 4.78 is 25.7. The van der Waals surface area contributed by atoms with Gasteiger partial charge >= 0.3 is 5.97 Å². The lowest BCUT2D eigenvalue weighted by molar-refractivity contribution is -0.350. The molecule has 17 unspecified atom stereocenters. The predicted molar refractivity (Wildman–Crippen MR) is 223 cm³/mol. The fourth-order valence-corrected chi connectivity index (χ4v) is 9.00. The average molecular weight is 825 g/mol. The van der Waals surface area contributed by atoms with Crippen molar-refractivity contribution < 1.29 is 59.5 Å². The highest BCUT2D eigenvalue weighted by Crippen LogP contribution is 2.47. The number of methoxy groups -OCH3 is 1. The first-order valence-corrected chi connectivity index (χ1v) is 22.4. The number of esters is 1. The van der Waals surface area contributed by atoms with Gasteiger partial charge in [0, 0.05) is 62.7 Å². The topological polar surface area (TPSA) is 196 Å². The van der Waals surface area contributed by atoms with Gasteiger partial charge in [-0.05, 0) is 89.4 Å². The molecule has 0 aromatic rings. The Kier molecular flexibility index (Phi) is 22.1. The van der Waals surface area contributed by atoms with Crippen LogP contribution >= 0.6 is 0 Å². The van der Waals surface area contributed by atoms with Crippen LogP contribution in [0.15, 0.2) is 36.5 Å². The normalized spacial score (nSPS) is 41.7. The van der Waals surface area contributed by atoms with E-state index in [1.54, 1.807) is 19.9 Å². The number of allylic oxidation sites excluding steroid dienone is 4. The van der Waals surface area contributed by atoms with Crippen LogP contribution in [0.3, 0.4) is 0 Å². The molecule has 0 aromatic heterocycles. The van der Waals surface area contributed by atoms with Gasteiger partial charge in [-0.1, -0.05) is 65.0 Å². The van der Waals surface area contributed by atoms with E-state index in [-0.39, 0.29) is 62.3 Å². The van der Waals surface area contributed by atoms with Crippen molar-refractivity contribution in [2.75, 3.05) is 13.7 Å². The van der Waals surface area contributed by atoms with Crippen LogP contribution in [-0.4, -0.2) is 122 Å². The lowest BCUT2D eigenvalue weighted by atomic mass is 9.78. The van der Waals surface area contributed by atoms with Crippen molar-refractivity contribution in [2.24, 2.45) is 35.5 Å². The lowest BCUT2D eigenvalue weighted by Gasteiger charge is -2.52. The molecule has 0 amide bonds. The number of hydrogen-bond donors (Lipinski definition) is 7. The first kappa shape index (κ1) is 50.6. The van der Waals surface area contributed by atoms with Crippen LogP contribution in [0.4, 0.5) is 0 Å². The Morgan fingerprint density at radius 2 is 1.59 bits per heavy atom. The Balaban J connectivity index is 1.99. The monoisotopic (exact) mass is 825 g/mol. The summed E-state index contributed by atoms with van der Waals surface area (Å²) in [7, 11) is 1.52. The van der Waals surface area contributed by atoms with E-state index in [0.717, 1.165) is 19.3 Å². The number of aliphatic hydroxyl groups excluding tert-OH is 7. The number of ether oxygens (including phenoxy) is 4. The second-order valence-electron chi connectivity index (χ2n) is 17.8. The standard InChI is InChI=1S/C46H80O12/c1-8-33-15-12-10-11-13-17-37(49)30(4)38(50)25-35(55-7)26-39(51)31(5)45(54)34(9-2)19-21-44(53)56-43-28-46(57-41(20-18-33)36(43)16-14-24-47)23-22-29(3)42(58-46)27-40(52)32(6)48/h10-12,15,19,21,29-43,45,47-52,54H,8-9,13-14,16-18,20,22-28H2,1-7H3/b11-10+,15-12?,21-19+. The summed E-state index contributed by atoms with van der Waals surface area (Å²) in [6.45, 7) is 11.2. The maximum atomic E-state index is 13.7. The van der Waals surface area contributed by atoms with Gasteiger partial charge in [0.05, 0.1) is 54.9 Å². The van der Waals surface area contributed by atoms with Gasteiger partial charge in [-0.15, -0.1) is 0 Å². The molecule has 2 fully saturated rings. The number of carbonyl (C=O) groups excluding carboxylic acids is 1. The van der Waals surface area contributed by atoms with Crippen LogP contribution in [0.25, 0.3) is 0 Å². The minimum Gasteiger partial charge on any atom is -0.459 e. The van der Waals surface area contributed by atoms with E-state index >= 15 is 0 Å². The van der Waals surface area contributed by atoms with Crippen molar-refractivity contribution in [1.29, 1.82) is 0 Å². The fourth-order valence-electron chi connectivity index (χ4n) is 9.00. The molecule has 7 N–H and O–H groups in total. The van der Waals surface area contributed by atoms with Gasteiger partial charge in [0.1, 0.15) is 6.10 Å². The molecule has 58 heavy (non-hydrogen) atoms. The number of hydrogen-bond acceptors (Lipinski definition) is 12. The van der Waals surface area contributed by atoms with Crippen molar-refractivity contribution in [3.63, 3.8) is 0 Å². The number of carbonyl (C=O) groups is 1. The zero-order valence-electron chi connectivity index (χ0n) is 36.5. The largest absolute Gasteiger partial charge is 0.459 e. The van der Waals surface area contributed by atoms with Crippen LogP contribution in [0, 0.1) is 35.5 Å². The smallest absolute Gasteiger partial charge is 0.330 e. The Bertz CT molecular complexity index is 1260. The quantitative estimate of drug-likeness (QED) is 0.144. The Hall–Kier alpha value is -1.71. The molecule has 0 aromatic carbocycles. The summed E-state index contributed by atoms with van der Waals surface area (Å²) in [6.07, 6.45) is 11.3. The van der Waals surface area contributed by atoms with E-state index in [9.17, 15) is 40.5 Å². The van der Waals surface area contributed by atoms with Gasteiger partial charge in [-0.2, -0.15) is 0 Å². The zero-order chi connectivity index (χ0) is 43.0. The van der Waals surface area contributed by atoms with E-state index in [0.29, 0.717) is 44.9 Å². The predicted octanol–water partition coefficient (Wildman–Crippen LogP) is 5.53. The van der Waals surface area contributed by atoms with Gasteiger partial charge in [-0.3, -0.25) is 0 Å². The third-order valence-electron chi connectivity index (χ3n) is 13.5. The molecule has 3 aliphatic heterocycles. The van der Waals surface area contributed by atoms with Crippen molar-refractivity contribution in [3.8, 4) is 0 Å². The molecular weight excluding hydrogens is 744 g/mol. The average Bonchev–Trinajstić information content (AvgIpc) is 3.19. The highest BCUT2D eigenvalue weighted by molar-refractivity contribution is 5.82. The van der Waals surface area contributed by atoms with Gasteiger partial charge in [0.2, 0.25) is 0 Å². The molecule has 2 bridgehead atoms. The van der Waals surface area contributed by atoms with Crippen molar-refractivity contribution in [3.05, 3.63) is 36.5 Å². The molecule has 336 valence electrons. The lowest BCUT2D eigenvalue weighted by Crippen LogP contribution is -2.58. The molecule has 12 heteroatoms. The van der Waals surface area contributed by atoms with Crippen molar-refractivity contribution in [2.45, 2.75) is 198 Å². The van der Waals surface area contributed by atoms with E-state index in [1.165, 1.54) is 13.2 Å². The zero-order valence-corrected chi connectivity index (χ0v) is 36.5. The summed E-state index contributed by atoms with van der Waals surface area (Å²) in [5, 5.41) is 75.2. The number of aliphatic hydroxyl groups is 7. The summed E-state index contributed by atoms with van der Waals surface area (Å²) in [5.74, 6) is -2.96. The number of rotatable bonds is 9. The third-order valence-corrected chi connectivity index (χ3v) is 13.5. The van der Waals surface area contributed by atoms with Crippen molar-refractivity contribution in [1.82, 2.24) is 0 Å². The van der Waals surface area contributed by atoms with Gasteiger partial charge in [0.15, 0.2) is 5.79 Å². The second kappa shape index (κ2) is 25.3. The molecule has 0 saturated carbocycles. The summed E-state index contributed by atoms with van der Waals surface area (Å²) >= 11 is 0. The molecule has 17 atom stereocenters. The first-order valence-electron chi connectivity index (χ1n) is 22.4. The van der Waals surface area contributed by atoms with Crippen LogP contribution in [0.5, 0.6) is 0 Å². The SMILES string of the molecule is CCC1C=C/C=C/CCC(O)C(C)C(O)CC(OC)CC(O)C(C)C(O)C(CC)/C=C/C(=O)OC2CC3(CCC(C)C(CC(O)C(C)O)O3)OC(CC1)C2CCCO. The number of fused-ring (bicyclic) bond motifs is 2. The molecule has 3 heterocycles. The highest BCUT2D eigenvalue weighted by atomic mass is 16.7. The van der Waals surface area contributed by atoms with Gasteiger partial charge in [-0.25, -0.2) is 4.79 Å². The highest BCUT2D eigenvalue weighted by Gasteiger charge is 2.52. The molecule has 3 aliphatic rings. The maximum Gasteiger partial charge on any atom is 0.330 e. The first-order chi connectivity index (χ1) is 27.6. The summed E-state index contributed by atoms with van der Waals surface area (Å²) in [6, 6.07) is 0. The van der Waals surface area contributed by atoms with Gasteiger partial charge < -0.3 is 54.7 Å². The minimum absolute atomic E-state index is 0.0172. The summed E-state index contributed by atoms with van der Waals surface area (Å²) in [4.78, 5) is 13.7. The Morgan fingerprint density at radius 3 is 2.22 bits per heavy atom. The van der Waals surface area contributed by atoms with Crippen molar-refractivity contribution >= 4 is 5.97 Å². The second-order valence-corrected chi connectivity index (χ2v) is 17.8. The molecule has 0 aliphatic carbocycles. The summed E-state index contributed by atoms with van der Waals surface area (Å²) in [5.41, 5.74) is 0. The Morgan fingerprint density at radius 1 is 0.879 bits per heavy atom. The molecule has 1 spiro atoms. The molecule has 0 radical (unpaired) electrons. The maximum absolute atomic E-state index is 13.7. The molecule has 3 rings (SSSR count).